The Hall–Kier alpha value is -4.67. The molecule has 7 atom stereocenters. The van der Waals surface area contributed by atoms with E-state index >= 15 is 0 Å². The van der Waals surface area contributed by atoms with Gasteiger partial charge in [0.1, 0.15) is 36.4 Å². The van der Waals surface area contributed by atoms with Crippen molar-refractivity contribution in [3.05, 3.63) is 76.9 Å². The zero-order chi connectivity index (χ0) is 39.7. The monoisotopic (exact) mass is 785 g/mol. The summed E-state index contributed by atoms with van der Waals surface area (Å²) >= 11 is 0. The summed E-state index contributed by atoms with van der Waals surface area (Å²) in [4.78, 5) is 72.8. The van der Waals surface area contributed by atoms with Crippen molar-refractivity contribution < 1.29 is 57.6 Å². The Morgan fingerprint density at radius 3 is 2.37 bits per heavy atom. The third-order valence-electron chi connectivity index (χ3n) is 12.4. The fourth-order valence-electron chi connectivity index (χ4n) is 9.28. The quantitative estimate of drug-likeness (QED) is 0.153. The number of hydrogen-bond donors (Lipinski definition) is 3. The van der Waals surface area contributed by atoms with Gasteiger partial charge in [-0.25, -0.2) is 9.59 Å². The highest BCUT2D eigenvalue weighted by Gasteiger charge is 2.78. The van der Waals surface area contributed by atoms with Crippen molar-refractivity contribution in [2.45, 2.75) is 101 Å². The van der Waals surface area contributed by atoms with Crippen LogP contribution in [0.5, 0.6) is 0 Å². The molecule has 0 spiro atoms. The number of amides is 2. The lowest BCUT2D eigenvalue weighted by Crippen LogP contribution is -2.69. The molecule has 7 fully saturated rings. The number of rotatable bonds is 13. The molecule has 7 aliphatic rings. The Kier molecular flexibility index (Phi) is 9.51. The SMILES string of the molecule is CC1(C)COC(=O)[C@@H]1OC(=O)C=Cc1ccc(CN2O[C@@H]3[C@H]4OC(C5CC5)(C5CC5)O[C@H]4[C@H]4C[C@]3(C(=O)NCc3cccc(C(=O)NCCO)c3)[C@@H]2C(=O)O4)cc1. The van der Waals surface area contributed by atoms with Crippen molar-refractivity contribution >= 4 is 35.8 Å². The number of benzene rings is 2. The van der Waals surface area contributed by atoms with Gasteiger partial charge in [-0.15, -0.1) is 0 Å². The first kappa shape index (κ1) is 37.9. The summed E-state index contributed by atoms with van der Waals surface area (Å²) in [5.74, 6) is -2.82. The van der Waals surface area contributed by atoms with Gasteiger partial charge >= 0.3 is 17.9 Å². The minimum Gasteiger partial charge on any atom is -0.462 e. The van der Waals surface area contributed by atoms with E-state index in [-0.39, 0.29) is 62.9 Å². The van der Waals surface area contributed by atoms with Crippen LogP contribution in [0.4, 0.5) is 0 Å². The molecule has 9 rings (SSSR count). The normalized spacial score (nSPS) is 32.1. The number of cyclic esters (lactones) is 1. The highest BCUT2D eigenvalue weighted by molar-refractivity contribution is 5.95. The fraction of sp³-hybridized carbons (Fsp3) is 0.548. The average Bonchev–Trinajstić information content (AvgIpc) is 4.15. The summed E-state index contributed by atoms with van der Waals surface area (Å²) in [6.45, 7) is 3.93. The van der Waals surface area contributed by atoms with Crippen LogP contribution in [0.1, 0.15) is 73.0 Å². The molecule has 4 saturated heterocycles. The van der Waals surface area contributed by atoms with Gasteiger partial charge in [0.15, 0.2) is 11.8 Å². The molecule has 2 amide bonds. The molecule has 4 aliphatic heterocycles. The molecule has 3 aliphatic carbocycles. The van der Waals surface area contributed by atoms with Crippen LogP contribution in [0.25, 0.3) is 6.08 Å². The number of fused-ring (bicyclic) bond motifs is 4. The predicted octanol–water partition coefficient (Wildman–Crippen LogP) is 2.33. The number of hydroxylamine groups is 2. The zero-order valence-corrected chi connectivity index (χ0v) is 31.8. The Morgan fingerprint density at radius 2 is 1.68 bits per heavy atom. The highest BCUT2D eigenvalue weighted by atomic mass is 16.8. The van der Waals surface area contributed by atoms with Gasteiger partial charge in [-0.2, -0.15) is 5.06 Å². The molecule has 57 heavy (non-hydrogen) atoms. The molecule has 4 heterocycles. The smallest absolute Gasteiger partial charge is 0.348 e. The second kappa shape index (κ2) is 14.3. The third kappa shape index (κ3) is 6.72. The van der Waals surface area contributed by atoms with Crippen molar-refractivity contribution in [1.29, 1.82) is 0 Å². The van der Waals surface area contributed by atoms with Crippen molar-refractivity contribution in [3.63, 3.8) is 0 Å². The van der Waals surface area contributed by atoms with Crippen LogP contribution in [0.15, 0.2) is 54.6 Å². The van der Waals surface area contributed by atoms with Gasteiger partial charge in [0, 0.05) is 48.4 Å². The topological polar surface area (TPSA) is 188 Å². The van der Waals surface area contributed by atoms with E-state index in [1.807, 2.05) is 12.1 Å². The number of ether oxygens (including phenoxy) is 5. The summed E-state index contributed by atoms with van der Waals surface area (Å²) in [6.07, 6.45) is 3.22. The molecular weight excluding hydrogens is 738 g/mol. The number of aliphatic hydroxyl groups is 1. The number of aliphatic hydroxyl groups excluding tert-OH is 1. The van der Waals surface area contributed by atoms with Crippen molar-refractivity contribution in [2.24, 2.45) is 22.7 Å². The van der Waals surface area contributed by atoms with Gasteiger partial charge in [-0.1, -0.05) is 50.2 Å². The van der Waals surface area contributed by atoms with E-state index in [1.165, 1.54) is 6.08 Å². The van der Waals surface area contributed by atoms with Gasteiger partial charge in [0.05, 0.1) is 13.2 Å². The molecule has 302 valence electrons. The van der Waals surface area contributed by atoms with Crippen LogP contribution < -0.4 is 10.6 Å². The maximum absolute atomic E-state index is 14.7. The second-order valence-corrected chi connectivity index (χ2v) is 17.0. The molecule has 0 aromatic heterocycles. The summed E-state index contributed by atoms with van der Waals surface area (Å²) in [5, 5.41) is 16.4. The average molecular weight is 786 g/mol. The lowest BCUT2D eigenvalue weighted by molar-refractivity contribution is -0.235. The van der Waals surface area contributed by atoms with Gasteiger partial charge < -0.3 is 39.4 Å². The predicted molar refractivity (Wildman–Crippen MR) is 197 cm³/mol. The molecule has 3 saturated carbocycles. The number of hydrogen-bond acceptors (Lipinski definition) is 13. The standard InChI is InChI=1S/C42H47N3O12/c1-40(2)22-52-38(50)35(40)54-30(47)15-10-23-6-8-24(9-7-23)21-45-33-37(49)53-29-19-41(33,39(51)44-20-25-4-3-5-26(18-25)36(48)43-16-17-46)34(57-45)32-31(29)55-42(56-32,27-11-12-27)28-13-14-28/h3-10,15,18,27-29,31-35,46H,11-14,16-17,19-22H2,1-2H3,(H,43,48)(H,44,51)/t29-,31+,32+,33+,34-,35+,41+/m1/s1. The Balaban J connectivity index is 0.954. The van der Waals surface area contributed by atoms with E-state index in [4.69, 9.17) is 33.6 Å². The van der Waals surface area contributed by atoms with Crippen LogP contribution in [0.2, 0.25) is 0 Å². The van der Waals surface area contributed by atoms with E-state index < -0.39 is 71.1 Å². The minimum atomic E-state index is -1.37. The maximum atomic E-state index is 14.7. The Bertz CT molecular complexity index is 1980. The van der Waals surface area contributed by atoms with Crippen LogP contribution in [0, 0.1) is 22.7 Å². The molecule has 2 aromatic carbocycles. The molecule has 3 N–H and O–H groups in total. The van der Waals surface area contributed by atoms with E-state index in [9.17, 15) is 24.0 Å². The highest BCUT2D eigenvalue weighted by Crippen LogP contribution is 2.63. The van der Waals surface area contributed by atoms with Gasteiger partial charge in [0.25, 0.3) is 5.91 Å². The molecule has 0 unspecified atom stereocenters. The van der Waals surface area contributed by atoms with Crippen LogP contribution in [-0.2, 0) is 60.8 Å². The van der Waals surface area contributed by atoms with E-state index in [2.05, 4.69) is 10.6 Å². The van der Waals surface area contributed by atoms with Crippen molar-refractivity contribution in [1.82, 2.24) is 15.7 Å². The van der Waals surface area contributed by atoms with Gasteiger partial charge in [-0.05, 0) is 60.6 Å². The number of esters is 3. The lowest BCUT2D eigenvalue weighted by Gasteiger charge is -2.48. The van der Waals surface area contributed by atoms with E-state index in [0.717, 1.165) is 31.2 Å². The largest absolute Gasteiger partial charge is 0.462 e. The molecule has 15 nitrogen and oxygen atoms in total. The van der Waals surface area contributed by atoms with Crippen molar-refractivity contribution in [2.75, 3.05) is 19.8 Å². The molecule has 15 heteroatoms. The zero-order valence-electron chi connectivity index (χ0n) is 31.8. The van der Waals surface area contributed by atoms with Crippen LogP contribution in [-0.4, -0.2) is 102 Å². The van der Waals surface area contributed by atoms with Gasteiger partial charge in [0.2, 0.25) is 12.0 Å². The minimum absolute atomic E-state index is 0.0887. The second-order valence-electron chi connectivity index (χ2n) is 17.0. The van der Waals surface area contributed by atoms with Gasteiger partial charge in [-0.3, -0.25) is 19.2 Å². The first-order chi connectivity index (χ1) is 27.4. The third-order valence-corrected chi connectivity index (χ3v) is 12.4. The lowest BCUT2D eigenvalue weighted by atomic mass is 9.62. The summed E-state index contributed by atoms with van der Waals surface area (Å²) in [5.41, 5.74) is 0.549. The van der Waals surface area contributed by atoms with E-state index in [0.29, 0.717) is 16.7 Å². The number of nitrogens with one attached hydrogen (secondary N) is 2. The molecule has 2 aromatic rings. The molecule has 0 radical (unpaired) electrons. The van der Waals surface area contributed by atoms with Crippen LogP contribution in [0.3, 0.4) is 0 Å². The number of carbonyl (C=O) groups excluding carboxylic acids is 5. The first-order valence-corrected chi connectivity index (χ1v) is 19.8. The summed E-state index contributed by atoms with van der Waals surface area (Å²) < 4.78 is 30.3. The Labute approximate surface area is 329 Å². The molecule has 2 bridgehead atoms. The Morgan fingerprint density at radius 1 is 0.947 bits per heavy atom. The number of nitrogens with zero attached hydrogens (tertiary/aromatic N) is 1. The molecular formula is C42H47N3O12. The fourth-order valence-corrected chi connectivity index (χ4v) is 9.28. The van der Waals surface area contributed by atoms with E-state index in [1.54, 1.807) is 61.4 Å². The summed E-state index contributed by atoms with van der Waals surface area (Å²) in [6, 6.07) is 13.0. The van der Waals surface area contributed by atoms with Crippen LogP contribution >= 0.6 is 0 Å². The first-order valence-electron chi connectivity index (χ1n) is 19.8. The number of carbonyl (C=O) groups is 5. The van der Waals surface area contributed by atoms with Crippen molar-refractivity contribution in [3.8, 4) is 0 Å². The maximum Gasteiger partial charge on any atom is 0.348 e. The summed E-state index contributed by atoms with van der Waals surface area (Å²) in [7, 11) is 0.